The Morgan fingerprint density at radius 2 is 2.00 bits per heavy atom. The van der Waals surface area contributed by atoms with Crippen LogP contribution < -0.4 is 0 Å². The van der Waals surface area contributed by atoms with Gasteiger partial charge in [0.25, 0.3) is 0 Å². The summed E-state index contributed by atoms with van der Waals surface area (Å²) >= 11 is 0. The van der Waals surface area contributed by atoms with Gasteiger partial charge in [0.2, 0.25) is 0 Å². The molecule has 1 N–H and O–H groups in total. The molecule has 0 aliphatic carbocycles. The minimum Gasteiger partial charge on any atom is -0.411 e. The molecule has 0 aromatic heterocycles. The normalized spacial score (nSPS) is 17.6. The Balaban J connectivity index is 1.69. The molecule has 2 rings (SSSR count). The minimum atomic E-state index is -0.0841. The summed E-state index contributed by atoms with van der Waals surface area (Å²) < 4.78 is 0. The van der Waals surface area contributed by atoms with Crippen LogP contribution in [0.5, 0.6) is 0 Å². The average Bonchev–Trinajstić information content (AvgIpc) is 2.48. The number of piperidine rings is 1. The SMILES string of the molecule is O=C(/C=N/O)CCC1CCN(Cc2ccccc2)CC1. The summed E-state index contributed by atoms with van der Waals surface area (Å²) in [6, 6.07) is 10.5. The highest BCUT2D eigenvalue weighted by Gasteiger charge is 2.19. The van der Waals surface area contributed by atoms with Crippen molar-refractivity contribution in [1.29, 1.82) is 0 Å². The largest absolute Gasteiger partial charge is 0.411 e. The Hall–Kier alpha value is -1.68. The molecule has 1 aliphatic heterocycles. The quantitative estimate of drug-likeness (QED) is 0.493. The van der Waals surface area contributed by atoms with Gasteiger partial charge < -0.3 is 5.21 Å². The predicted octanol–water partition coefficient (Wildman–Crippen LogP) is 2.71. The van der Waals surface area contributed by atoms with Crippen LogP contribution in [0.3, 0.4) is 0 Å². The number of rotatable bonds is 6. The molecule has 0 atom stereocenters. The second kappa shape index (κ2) is 7.80. The van der Waals surface area contributed by atoms with Gasteiger partial charge in [0.15, 0.2) is 5.78 Å². The first-order valence-corrected chi connectivity index (χ1v) is 7.24. The van der Waals surface area contributed by atoms with Crippen molar-refractivity contribution in [1.82, 2.24) is 4.90 Å². The number of benzene rings is 1. The van der Waals surface area contributed by atoms with Crippen LogP contribution in [0.15, 0.2) is 35.5 Å². The van der Waals surface area contributed by atoms with E-state index in [4.69, 9.17) is 5.21 Å². The standard InChI is InChI=1S/C16H22N2O2/c19-16(12-17-20)7-6-14-8-10-18(11-9-14)13-15-4-2-1-3-5-15/h1-5,12,14,20H,6-11,13H2/b17-12+. The smallest absolute Gasteiger partial charge is 0.177 e. The van der Waals surface area contributed by atoms with Gasteiger partial charge in [-0.2, -0.15) is 0 Å². The zero-order valence-corrected chi connectivity index (χ0v) is 11.7. The second-order valence-corrected chi connectivity index (χ2v) is 5.45. The Kier molecular flexibility index (Phi) is 5.74. The van der Waals surface area contributed by atoms with E-state index in [9.17, 15) is 4.79 Å². The number of nitrogens with zero attached hydrogens (tertiary/aromatic N) is 2. The molecule has 0 radical (unpaired) electrons. The predicted molar refractivity (Wildman–Crippen MR) is 79.0 cm³/mol. The molecule has 1 fully saturated rings. The molecule has 1 heterocycles. The van der Waals surface area contributed by atoms with Gasteiger partial charge >= 0.3 is 0 Å². The third kappa shape index (κ3) is 4.78. The maximum absolute atomic E-state index is 11.3. The van der Waals surface area contributed by atoms with Crippen molar-refractivity contribution in [3.63, 3.8) is 0 Å². The van der Waals surface area contributed by atoms with E-state index >= 15 is 0 Å². The number of carbonyl (C=O) groups excluding carboxylic acids is 1. The van der Waals surface area contributed by atoms with Crippen LogP contribution in [0.25, 0.3) is 0 Å². The van der Waals surface area contributed by atoms with Crippen LogP contribution in [-0.2, 0) is 11.3 Å². The fraction of sp³-hybridized carbons (Fsp3) is 0.500. The summed E-state index contributed by atoms with van der Waals surface area (Å²) in [5.74, 6) is 0.539. The molecule has 0 saturated carbocycles. The maximum atomic E-state index is 11.3. The number of likely N-dealkylation sites (tertiary alicyclic amines) is 1. The Labute approximate surface area is 120 Å². The molecule has 1 saturated heterocycles. The number of ketones is 1. The van der Waals surface area contributed by atoms with Crippen molar-refractivity contribution >= 4 is 12.0 Å². The first kappa shape index (κ1) is 14.7. The zero-order chi connectivity index (χ0) is 14.2. The lowest BCUT2D eigenvalue weighted by molar-refractivity contribution is -0.113. The van der Waals surface area contributed by atoms with Gasteiger partial charge in [0.05, 0.1) is 0 Å². The van der Waals surface area contributed by atoms with E-state index in [1.807, 2.05) is 6.07 Å². The first-order chi connectivity index (χ1) is 9.78. The van der Waals surface area contributed by atoms with Gasteiger partial charge in [-0.1, -0.05) is 35.5 Å². The van der Waals surface area contributed by atoms with Crippen LogP contribution in [0.2, 0.25) is 0 Å². The van der Waals surface area contributed by atoms with Crippen molar-refractivity contribution in [2.45, 2.75) is 32.2 Å². The van der Waals surface area contributed by atoms with Crippen LogP contribution in [0.1, 0.15) is 31.2 Å². The highest BCUT2D eigenvalue weighted by Crippen LogP contribution is 2.23. The number of carbonyl (C=O) groups is 1. The molecular formula is C16H22N2O2. The summed E-state index contributed by atoms with van der Waals surface area (Å²) in [5, 5.41) is 11.1. The van der Waals surface area contributed by atoms with Gasteiger partial charge in [0.1, 0.15) is 6.21 Å². The minimum absolute atomic E-state index is 0.0841. The van der Waals surface area contributed by atoms with Gasteiger partial charge in [0, 0.05) is 13.0 Å². The van der Waals surface area contributed by atoms with Crippen molar-refractivity contribution in [2.75, 3.05) is 13.1 Å². The third-order valence-corrected chi connectivity index (χ3v) is 3.96. The molecule has 0 amide bonds. The summed E-state index contributed by atoms with van der Waals surface area (Å²) in [6.07, 6.45) is 4.70. The average molecular weight is 274 g/mol. The molecule has 0 bridgehead atoms. The Morgan fingerprint density at radius 3 is 2.65 bits per heavy atom. The summed E-state index contributed by atoms with van der Waals surface area (Å²) in [5.41, 5.74) is 1.36. The molecule has 4 heteroatoms. The number of Topliss-reactive ketones (excluding diaryl/α,β-unsaturated/α-hetero) is 1. The van der Waals surface area contributed by atoms with Crippen LogP contribution in [-0.4, -0.2) is 35.2 Å². The van der Waals surface area contributed by atoms with Gasteiger partial charge in [-0.05, 0) is 43.8 Å². The lowest BCUT2D eigenvalue weighted by Crippen LogP contribution is -2.33. The van der Waals surface area contributed by atoms with E-state index < -0.39 is 0 Å². The zero-order valence-electron chi connectivity index (χ0n) is 11.7. The topological polar surface area (TPSA) is 52.9 Å². The van der Waals surface area contributed by atoms with Crippen LogP contribution in [0.4, 0.5) is 0 Å². The fourth-order valence-electron chi connectivity index (χ4n) is 2.75. The third-order valence-electron chi connectivity index (χ3n) is 3.96. The van der Waals surface area contributed by atoms with Crippen molar-refractivity contribution in [3.05, 3.63) is 35.9 Å². The monoisotopic (exact) mass is 274 g/mol. The number of hydrogen-bond acceptors (Lipinski definition) is 4. The van der Waals surface area contributed by atoms with Gasteiger partial charge in [-0.15, -0.1) is 0 Å². The highest BCUT2D eigenvalue weighted by atomic mass is 16.4. The summed E-state index contributed by atoms with van der Waals surface area (Å²) in [4.78, 5) is 13.7. The summed E-state index contributed by atoms with van der Waals surface area (Å²) in [7, 11) is 0. The second-order valence-electron chi connectivity index (χ2n) is 5.45. The van der Waals surface area contributed by atoms with Crippen LogP contribution >= 0.6 is 0 Å². The lowest BCUT2D eigenvalue weighted by Gasteiger charge is -2.31. The molecule has 108 valence electrons. The van der Waals surface area contributed by atoms with E-state index in [1.165, 1.54) is 5.56 Å². The van der Waals surface area contributed by atoms with E-state index in [-0.39, 0.29) is 5.78 Å². The molecule has 20 heavy (non-hydrogen) atoms. The molecule has 1 aromatic carbocycles. The molecule has 1 aliphatic rings. The highest BCUT2D eigenvalue weighted by molar-refractivity contribution is 6.27. The van der Waals surface area contributed by atoms with Gasteiger partial charge in [-0.25, -0.2) is 0 Å². The Bertz CT molecular complexity index is 437. The van der Waals surface area contributed by atoms with Gasteiger partial charge in [-0.3, -0.25) is 9.69 Å². The maximum Gasteiger partial charge on any atom is 0.177 e. The summed E-state index contributed by atoms with van der Waals surface area (Å²) in [6.45, 7) is 3.22. The molecule has 0 spiro atoms. The molecular weight excluding hydrogens is 252 g/mol. The van der Waals surface area contributed by atoms with Crippen molar-refractivity contribution in [2.24, 2.45) is 11.1 Å². The van der Waals surface area contributed by atoms with E-state index in [0.29, 0.717) is 12.3 Å². The molecule has 4 nitrogen and oxygen atoms in total. The van der Waals surface area contributed by atoms with E-state index in [1.54, 1.807) is 0 Å². The van der Waals surface area contributed by atoms with E-state index in [0.717, 1.165) is 45.1 Å². The fourth-order valence-corrected chi connectivity index (χ4v) is 2.75. The van der Waals surface area contributed by atoms with Crippen LogP contribution in [0, 0.1) is 5.92 Å². The number of oxime groups is 1. The lowest BCUT2D eigenvalue weighted by atomic mass is 9.91. The number of hydrogen-bond donors (Lipinski definition) is 1. The van der Waals surface area contributed by atoms with Crippen molar-refractivity contribution in [3.8, 4) is 0 Å². The molecule has 0 unspecified atom stereocenters. The molecule has 1 aromatic rings. The van der Waals surface area contributed by atoms with Crippen molar-refractivity contribution < 1.29 is 10.0 Å². The Morgan fingerprint density at radius 1 is 1.30 bits per heavy atom. The first-order valence-electron chi connectivity index (χ1n) is 7.24. The van der Waals surface area contributed by atoms with E-state index in [2.05, 4.69) is 34.3 Å².